The molecule has 3 aromatic carbocycles. The predicted octanol–water partition coefficient (Wildman–Crippen LogP) is 4.38. The van der Waals surface area contributed by atoms with Gasteiger partial charge in [0.15, 0.2) is 0 Å². The monoisotopic (exact) mass is 448 g/mol. The number of hydrogen-bond donors (Lipinski definition) is 1. The van der Waals surface area contributed by atoms with Crippen LogP contribution in [-0.4, -0.2) is 43.2 Å². The Morgan fingerprint density at radius 2 is 1.15 bits per heavy atom. The van der Waals surface area contributed by atoms with E-state index in [0.717, 1.165) is 16.7 Å². The maximum Gasteiger partial charge on any atom is 0.108 e. The summed E-state index contributed by atoms with van der Waals surface area (Å²) >= 11 is 0. The summed E-state index contributed by atoms with van der Waals surface area (Å²) in [4.78, 5) is 0. The van der Waals surface area contributed by atoms with Gasteiger partial charge in [-0.1, -0.05) is 91.0 Å². The number of aliphatic hydroxyl groups is 1. The lowest BCUT2D eigenvalue weighted by Gasteiger charge is -2.26. The Kier molecular flexibility index (Phi) is 9.04. The first kappa shape index (κ1) is 23.6. The van der Waals surface area contributed by atoms with Crippen molar-refractivity contribution >= 4 is 0 Å². The van der Waals surface area contributed by atoms with Crippen LogP contribution in [0.3, 0.4) is 0 Å². The van der Waals surface area contributed by atoms with Crippen LogP contribution in [0.25, 0.3) is 0 Å². The summed E-state index contributed by atoms with van der Waals surface area (Å²) in [5.41, 5.74) is 3.34. The molecule has 1 saturated heterocycles. The fourth-order valence-electron chi connectivity index (χ4n) is 3.92. The van der Waals surface area contributed by atoms with Crippen molar-refractivity contribution in [3.8, 4) is 0 Å². The molecule has 174 valence electrons. The average Bonchev–Trinajstić information content (AvgIpc) is 3.66. The summed E-state index contributed by atoms with van der Waals surface area (Å²) in [6, 6.07) is 30.3. The van der Waals surface area contributed by atoms with Crippen LogP contribution < -0.4 is 0 Å². The minimum Gasteiger partial charge on any atom is -0.394 e. The molecule has 0 aliphatic carbocycles. The highest BCUT2D eigenvalue weighted by molar-refractivity contribution is 5.15. The van der Waals surface area contributed by atoms with Crippen LogP contribution in [-0.2, 0) is 38.8 Å². The topological polar surface area (TPSA) is 60.5 Å². The summed E-state index contributed by atoms with van der Waals surface area (Å²) < 4.78 is 24.3. The second kappa shape index (κ2) is 12.6. The van der Waals surface area contributed by atoms with Gasteiger partial charge in [-0.2, -0.15) is 0 Å². The van der Waals surface area contributed by atoms with Crippen molar-refractivity contribution in [1.29, 1.82) is 0 Å². The molecule has 1 fully saturated rings. The lowest BCUT2D eigenvalue weighted by Crippen LogP contribution is -2.37. The van der Waals surface area contributed by atoms with E-state index in [0.29, 0.717) is 33.0 Å². The Bertz CT molecular complexity index is 919. The summed E-state index contributed by atoms with van der Waals surface area (Å²) in [6.45, 7) is 2.38. The molecule has 0 aromatic heterocycles. The molecule has 1 heterocycles. The van der Waals surface area contributed by atoms with E-state index in [-0.39, 0.29) is 30.8 Å². The smallest absolute Gasteiger partial charge is 0.108 e. The van der Waals surface area contributed by atoms with Gasteiger partial charge in [0.25, 0.3) is 0 Å². The highest BCUT2D eigenvalue weighted by Crippen LogP contribution is 2.33. The Morgan fingerprint density at radius 3 is 1.64 bits per heavy atom. The number of epoxide rings is 1. The first-order chi connectivity index (χ1) is 16.3. The van der Waals surface area contributed by atoms with Crippen molar-refractivity contribution in [2.75, 3.05) is 19.8 Å². The van der Waals surface area contributed by atoms with Crippen LogP contribution >= 0.6 is 0 Å². The Labute approximate surface area is 195 Å². The van der Waals surface area contributed by atoms with Gasteiger partial charge in [0.1, 0.15) is 6.10 Å². The van der Waals surface area contributed by atoms with Gasteiger partial charge in [0, 0.05) is 5.92 Å². The minimum absolute atomic E-state index is 0.00384. The zero-order valence-electron chi connectivity index (χ0n) is 18.8. The van der Waals surface area contributed by atoms with Crippen molar-refractivity contribution in [3.05, 3.63) is 108 Å². The zero-order chi connectivity index (χ0) is 22.7. The number of hydrogen-bond acceptors (Lipinski definition) is 5. The fourth-order valence-corrected chi connectivity index (χ4v) is 3.92. The molecule has 0 spiro atoms. The molecule has 0 radical (unpaired) electrons. The molecule has 1 N–H and O–H groups in total. The minimum atomic E-state index is -0.230. The number of aliphatic hydroxyl groups excluding tert-OH is 1. The van der Waals surface area contributed by atoms with Crippen LogP contribution in [0, 0.1) is 5.92 Å². The molecule has 0 bridgehead atoms. The Balaban J connectivity index is 1.40. The summed E-state index contributed by atoms with van der Waals surface area (Å²) in [5.74, 6) is -0.0506. The zero-order valence-corrected chi connectivity index (χ0v) is 18.8. The third-order valence-electron chi connectivity index (χ3n) is 5.82. The summed E-state index contributed by atoms with van der Waals surface area (Å²) in [7, 11) is 0. The largest absolute Gasteiger partial charge is 0.394 e. The second-order valence-electron chi connectivity index (χ2n) is 8.32. The van der Waals surface area contributed by atoms with Crippen LogP contribution in [0.5, 0.6) is 0 Å². The van der Waals surface area contributed by atoms with Gasteiger partial charge in [-0.15, -0.1) is 0 Å². The highest BCUT2D eigenvalue weighted by atomic mass is 16.6. The van der Waals surface area contributed by atoms with Gasteiger partial charge in [0.2, 0.25) is 0 Å². The van der Waals surface area contributed by atoms with E-state index < -0.39 is 0 Å². The molecular formula is C28H32O5. The highest BCUT2D eigenvalue weighted by Gasteiger charge is 2.48. The molecule has 5 nitrogen and oxygen atoms in total. The Hall–Kier alpha value is -2.54. The van der Waals surface area contributed by atoms with Gasteiger partial charge >= 0.3 is 0 Å². The number of benzene rings is 3. The SMILES string of the molecule is OC[C@H]1O[C@@H]1[C@H](COCc1ccccc1)[C@H](COCc1ccccc1)OCc1ccccc1. The molecule has 3 aromatic rings. The standard InChI is InChI=1S/C28H32O5/c29-16-26-28(33-26)25(20-30-17-22-10-4-1-5-11-22)27(32-19-24-14-8-3-9-15-24)21-31-18-23-12-6-2-7-13-23/h1-15,25-29H,16-21H2/t25-,26-,27+,28-/m1/s1. The van der Waals surface area contributed by atoms with Crippen LogP contribution in [0.1, 0.15) is 16.7 Å². The second-order valence-corrected chi connectivity index (χ2v) is 8.32. The van der Waals surface area contributed by atoms with Gasteiger partial charge in [-0.05, 0) is 16.7 Å². The van der Waals surface area contributed by atoms with Crippen LogP contribution in [0.4, 0.5) is 0 Å². The van der Waals surface area contributed by atoms with E-state index in [2.05, 4.69) is 0 Å². The molecule has 0 saturated carbocycles. The molecular weight excluding hydrogens is 416 g/mol. The van der Waals surface area contributed by atoms with Gasteiger partial charge in [-0.25, -0.2) is 0 Å². The summed E-state index contributed by atoms with van der Waals surface area (Å²) in [5, 5.41) is 9.61. The molecule has 4 atom stereocenters. The van der Waals surface area contributed by atoms with Crippen LogP contribution in [0.2, 0.25) is 0 Å². The van der Waals surface area contributed by atoms with E-state index in [9.17, 15) is 5.11 Å². The molecule has 1 aliphatic rings. The predicted molar refractivity (Wildman–Crippen MR) is 126 cm³/mol. The fraction of sp³-hybridized carbons (Fsp3) is 0.357. The quantitative estimate of drug-likeness (QED) is 0.371. The molecule has 5 heteroatoms. The molecule has 1 aliphatic heterocycles. The van der Waals surface area contributed by atoms with E-state index in [1.807, 2.05) is 91.0 Å². The summed E-state index contributed by atoms with van der Waals surface area (Å²) in [6.07, 6.45) is -0.509. The third kappa shape index (κ3) is 7.49. The van der Waals surface area contributed by atoms with E-state index in [1.165, 1.54) is 0 Å². The molecule has 33 heavy (non-hydrogen) atoms. The number of rotatable bonds is 14. The lowest BCUT2D eigenvalue weighted by molar-refractivity contribution is -0.0840. The van der Waals surface area contributed by atoms with Gasteiger partial charge < -0.3 is 24.1 Å². The van der Waals surface area contributed by atoms with Crippen molar-refractivity contribution in [3.63, 3.8) is 0 Å². The molecule has 4 rings (SSSR count). The molecule has 0 amide bonds. The van der Waals surface area contributed by atoms with Crippen molar-refractivity contribution < 1.29 is 24.1 Å². The van der Waals surface area contributed by atoms with Crippen molar-refractivity contribution in [2.45, 2.75) is 38.1 Å². The van der Waals surface area contributed by atoms with Gasteiger partial charge in [-0.3, -0.25) is 0 Å². The normalized spacial score (nSPS) is 19.2. The number of ether oxygens (including phenoxy) is 4. The average molecular weight is 449 g/mol. The van der Waals surface area contributed by atoms with E-state index in [1.54, 1.807) is 0 Å². The first-order valence-electron chi connectivity index (χ1n) is 11.5. The third-order valence-corrected chi connectivity index (χ3v) is 5.82. The van der Waals surface area contributed by atoms with Crippen molar-refractivity contribution in [1.82, 2.24) is 0 Å². The van der Waals surface area contributed by atoms with E-state index >= 15 is 0 Å². The van der Waals surface area contributed by atoms with Crippen LogP contribution in [0.15, 0.2) is 91.0 Å². The van der Waals surface area contributed by atoms with Crippen molar-refractivity contribution in [2.24, 2.45) is 5.92 Å². The maximum absolute atomic E-state index is 9.61. The lowest BCUT2D eigenvalue weighted by atomic mass is 9.97. The van der Waals surface area contributed by atoms with E-state index in [4.69, 9.17) is 18.9 Å². The first-order valence-corrected chi connectivity index (χ1v) is 11.5. The van der Waals surface area contributed by atoms with Gasteiger partial charge in [0.05, 0.1) is 51.8 Å². The molecule has 0 unspecified atom stereocenters. The maximum atomic E-state index is 9.61. The Morgan fingerprint density at radius 1 is 0.667 bits per heavy atom.